The van der Waals surface area contributed by atoms with Gasteiger partial charge in [-0.1, -0.05) is 149 Å². The summed E-state index contributed by atoms with van der Waals surface area (Å²) in [5, 5.41) is 74.2. The smallest absolute Gasteiger partial charge is 0.186 e. The molecule has 2 saturated heterocycles. The van der Waals surface area contributed by atoms with Crippen molar-refractivity contribution in [3.05, 3.63) is 0 Å². The van der Waals surface area contributed by atoms with Gasteiger partial charge in [-0.3, -0.25) is 0 Å². The van der Waals surface area contributed by atoms with Gasteiger partial charge in [-0.2, -0.15) is 0 Å². The number of ether oxygens (including phenoxy) is 5. The van der Waals surface area contributed by atoms with Crippen molar-refractivity contribution < 1.29 is 63.9 Å². The van der Waals surface area contributed by atoms with Gasteiger partial charge >= 0.3 is 0 Å². The summed E-state index contributed by atoms with van der Waals surface area (Å²) < 4.78 is 29.4. The molecule has 0 radical (unpaired) electrons. The zero-order valence-electron chi connectivity index (χ0n) is 37.2. The highest BCUT2D eigenvalue weighted by Gasteiger charge is 2.47. The average Bonchev–Trinajstić information content (AvgIpc) is 3.19. The highest BCUT2D eigenvalue weighted by Crippen LogP contribution is 2.27. The maximum Gasteiger partial charge on any atom is 0.186 e. The van der Waals surface area contributed by atoms with Gasteiger partial charge in [0, 0.05) is 6.61 Å². The molecule has 0 aromatic rings. The van der Waals surface area contributed by atoms with E-state index in [1.807, 2.05) is 0 Å². The molecule has 58 heavy (non-hydrogen) atoms. The van der Waals surface area contributed by atoms with Crippen molar-refractivity contribution in [1.82, 2.24) is 0 Å². The van der Waals surface area contributed by atoms with E-state index < -0.39 is 67.5 Å². The molecule has 7 N–H and O–H groups in total. The molecular formula is C45H90NO12+. The topological polar surface area (TPSA) is 188 Å². The number of likely N-dealkylation sites (N-methyl/N-ethyl adjacent to an activating group) is 1. The van der Waals surface area contributed by atoms with E-state index in [4.69, 9.17) is 23.7 Å². The van der Waals surface area contributed by atoms with Gasteiger partial charge in [0.1, 0.15) is 61.5 Å². The van der Waals surface area contributed by atoms with E-state index >= 15 is 0 Å². The number of nitrogens with zero attached hydrogens (tertiary/aromatic N) is 1. The Bertz CT molecular complexity index is 965. The zero-order valence-corrected chi connectivity index (χ0v) is 37.2. The first-order chi connectivity index (χ1) is 27.9. The van der Waals surface area contributed by atoms with E-state index in [9.17, 15) is 35.7 Å². The molecule has 0 amide bonds. The Morgan fingerprint density at radius 2 is 0.845 bits per heavy atom. The lowest BCUT2D eigenvalue weighted by molar-refractivity contribution is -0.893. The summed E-state index contributed by atoms with van der Waals surface area (Å²) in [4.78, 5) is 0. The van der Waals surface area contributed by atoms with Crippen LogP contribution in [0.3, 0.4) is 0 Å². The van der Waals surface area contributed by atoms with E-state index in [1.165, 1.54) is 128 Å². The van der Waals surface area contributed by atoms with Crippen LogP contribution in [0.1, 0.15) is 168 Å². The lowest BCUT2D eigenvalue weighted by Crippen LogP contribution is -2.61. The minimum absolute atomic E-state index is 0.000157. The first-order valence-electron chi connectivity index (χ1n) is 23.6. The van der Waals surface area contributed by atoms with E-state index in [-0.39, 0.29) is 19.8 Å². The number of hydrogen-bond acceptors (Lipinski definition) is 12. The summed E-state index contributed by atoms with van der Waals surface area (Å²) in [6.07, 6.45) is 15.2. The van der Waals surface area contributed by atoms with Crippen LogP contribution in [0.4, 0.5) is 0 Å². The van der Waals surface area contributed by atoms with Crippen LogP contribution in [0.5, 0.6) is 0 Å². The van der Waals surface area contributed by atoms with Gasteiger partial charge in [0.15, 0.2) is 12.6 Å². The largest absolute Gasteiger partial charge is 0.387 e. The molecule has 1 unspecified atom stereocenters. The number of hydrogen-bond donors (Lipinski definition) is 7. The third kappa shape index (κ3) is 22.5. The van der Waals surface area contributed by atoms with Gasteiger partial charge < -0.3 is 63.9 Å². The SMILES string of the molecule is CCCCCCCCCCCCCCO[C@@H]1O[C@H](CO[C@H]2O[C@H](COCC(O)C[N+](C)(C)CCCCCCCCCCCCCC)[C@@H](O)[C@H](O)[C@H]2O)[C@@H](O)[C@H](O)[C@H]1O. The second kappa shape index (κ2) is 32.2. The predicted molar refractivity (Wildman–Crippen MR) is 226 cm³/mol. The van der Waals surface area contributed by atoms with Gasteiger partial charge in [-0.15, -0.1) is 0 Å². The molecule has 0 aromatic heterocycles. The maximum absolute atomic E-state index is 10.7. The van der Waals surface area contributed by atoms with Crippen LogP contribution in [0.25, 0.3) is 0 Å². The fourth-order valence-corrected chi connectivity index (χ4v) is 8.13. The Morgan fingerprint density at radius 3 is 1.29 bits per heavy atom. The Kier molecular flexibility index (Phi) is 29.8. The molecule has 0 aliphatic carbocycles. The molecule has 13 heteroatoms. The van der Waals surface area contributed by atoms with Crippen LogP contribution >= 0.6 is 0 Å². The second-order valence-electron chi connectivity index (χ2n) is 18.0. The molecule has 0 bridgehead atoms. The minimum Gasteiger partial charge on any atom is -0.387 e. The van der Waals surface area contributed by atoms with Crippen LogP contribution in [0.2, 0.25) is 0 Å². The zero-order chi connectivity index (χ0) is 42.6. The quantitative estimate of drug-likeness (QED) is 0.0311. The highest BCUT2D eigenvalue weighted by atomic mass is 16.7. The van der Waals surface area contributed by atoms with Gasteiger partial charge in [-0.05, 0) is 19.3 Å². The van der Waals surface area contributed by atoms with E-state index in [1.54, 1.807) is 0 Å². The van der Waals surface area contributed by atoms with Crippen molar-refractivity contribution in [1.29, 1.82) is 0 Å². The number of rotatable bonds is 36. The van der Waals surface area contributed by atoms with Crippen LogP contribution in [0, 0.1) is 0 Å². The summed E-state index contributed by atoms with van der Waals surface area (Å²) >= 11 is 0. The fraction of sp³-hybridized carbons (Fsp3) is 1.00. The Morgan fingerprint density at radius 1 is 0.466 bits per heavy atom. The maximum atomic E-state index is 10.7. The molecule has 0 saturated carbocycles. The third-order valence-corrected chi connectivity index (χ3v) is 12.0. The fourth-order valence-electron chi connectivity index (χ4n) is 8.13. The van der Waals surface area contributed by atoms with Gasteiger partial charge in [-0.25, -0.2) is 0 Å². The van der Waals surface area contributed by atoms with Crippen molar-refractivity contribution in [3.63, 3.8) is 0 Å². The molecular weight excluding hydrogens is 746 g/mol. The highest BCUT2D eigenvalue weighted by molar-refractivity contribution is 4.92. The molecule has 11 atom stereocenters. The number of aliphatic hydroxyl groups is 7. The monoisotopic (exact) mass is 837 g/mol. The predicted octanol–water partition coefficient (Wildman–Crippen LogP) is 5.49. The molecule has 2 rings (SSSR count). The first kappa shape index (κ1) is 53.6. The van der Waals surface area contributed by atoms with Crippen LogP contribution in [-0.2, 0) is 23.7 Å². The number of unbranched alkanes of at least 4 members (excludes halogenated alkanes) is 22. The standard InChI is InChI=1S/C45H90NO12/c1-5-7-9-11-13-15-17-19-21-23-25-27-29-46(3,4)31-35(47)32-54-33-36-38(48)40(50)43(53)45(57-36)56-34-37-39(49)41(51)42(52)44(58-37)55-30-28-26-24-22-20-18-16-14-12-10-8-6-2/h35-45,47-53H,5-34H2,1-4H3/q+1/t35?,36-,37-,38-,39-,40+,41+,42-,43-,44-,45+/m1/s1. The number of quaternary nitrogens is 1. The molecule has 2 fully saturated rings. The summed E-state index contributed by atoms with van der Waals surface area (Å²) in [5.41, 5.74) is 0. The summed E-state index contributed by atoms with van der Waals surface area (Å²) in [5.74, 6) is 0. The van der Waals surface area contributed by atoms with Gasteiger partial charge in [0.2, 0.25) is 0 Å². The van der Waals surface area contributed by atoms with Crippen molar-refractivity contribution in [2.45, 2.75) is 235 Å². The molecule has 0 spiro atoms. The summed E-state index contributed by atoms with van der Waals surface area (Å²) in [6.45, 7) is 5.71. The molecule has 2 aliphatic heterocycles. The Hall–Kier alpha value is -0.520. The van der Waals surface area contributed by atoms with Crippen LogP contribution in [0.15, 0.2) is 0 Å². The van der Waals surface area contributed by atoms with Crippen molar-refractivity contribution in [2.75, 3.05) is 53.6 Å². The molecule has 2 heterocycles. The lowest BCUT2D eigenvalue weighted by atomic mass is 9.98. The molecule has 13 nitrogen and oxygen atoms in total. The van der Waals surface area contributed by atoms with Crippen LogP contribution in [-0.4, -0.2) is 161 Å². The molecule has 2 aliphatic rings. The van der Waals surface area contributed by atoms with Gasteiger partial charge in [0.05, 0.1) is 40.5 Å². The molecule has 346 valence electrons. The lowest BCUT2D eigenvalue weighted by Gasteiger charge is -2.43. The van der Waals surface area contributed by atoms with Crippen molar-refractivity contribution in [2.24, 2.45) is 0 Å². The normalized spacial score (nSPS) is 28.6. The number of aliphatic hydroxyl groups excluding tert-OH is 7. The van der Waals surface area contributed by atoms with Gasteiger partial charge in [0.25, 0.3) is 0 Å². The van der Waals surface area contributed by atoms with E-state index in [2.05, 4.69) is 27.9 Å². The Balaban J connectivity index is 1.66. The Labute approximate surface area is 352 Å². The second-order valence-corrected chi connectivity index (χ2v) is 18.0. The van der Waals surface area contributed by atoms with Crippen molar-refractivity contribution >= 4 is 0 Å². The van der Waals surface area contributed by atoms with Crippen molar-refractivity contribution in [3.8, 4) is 0 Å². The third-order valence-electron chi connectivity index (χ3n) is 12.0. The summed E-state index contributed by atoms with van der Waals surface area (Å²) in [7, 11) is 4.19. The van der Waals surface area contributed by atoms with E-state index in [0.717, 1.165) is 32.2 Å². The van der Waals surface area contributed by atoms with Crippen LogP contribution < -0.4 is 0 Å². The first-order valence-corrected chi connectivity index (χ1v) is 23.6. The van der Waals surface area contributed by atoms with E-state index in [0.29, 0.717) is 17.6 Å². The molecule has 0 aromatic carbocycles. The summed E-state index contributed by atoms with van der Waals surface area (Å²) in [6, 6.07) is 0. The average molecular weight is 837 g/mol. The minimum atomic E-state index is -1.62.